The molecule has 0 aliphatic carbocycles. The van der Waals surface area contributed by atoms with Crippen LogP contribution >= 0.6 is 0 Å². The molecule has 146 valence electrons. The highest BCUT2D eigenvalue weighted by molar-refractivity contribution is 5.82. The van der Waals surface area contributed by atoms with Crippen molar-refractivity contribution in [2.45, 2.75) is 19.1 Å². The van der Waals surface area contributed by atoms with E-state index in [9.17, 15) is 9.59 Å². The number of amides is 1. The predicted molar refractivity (Wildman–Crippen MR) is 96.4 cm³/mol. The van der Waals surface area contributed by atoms with Gasteiger partial charge in [-0.15, -0.1) is 0 Å². The highest BCUT2D eigenvalue weighted by Crippen LogP contribution is 2.34. The molecule has 0 radical (unpaired) electrons. The van der Waals surface area contributed by atoms with Crippen molar-refractivity contribution in [2.75, 3.05) is 20.0 Å². The lowest BCUT2D eigenvalue weighted by Gasteiger charge is -2.24. The second-order valence-electron chi connectivity index (χ2n) is 6.37. The summed E-state index contributed by atoms with van der Waals surface area (Å²) in [7, 11) is 0. The van der Waals surface area contributed by atoms with E-state index in [1.807, 2.05) is 25.1 Å². The molecule has 0 unspecified atom stereocenters. The molecule has 0 aromatic heterocycles. The highest BCUT2D eigenvalue weighted by Gasteiger charge is 2.29. The Balaban J connectivity index is 1.27. The second-order valence-corrected chi connectivity index (χ2v) is 6.37. The Kier molecular flexibility index (Phi) is 4.92. The van der Waals surface area contributed by atoms with Crippen LogP contribution in [0, 0.1) is 0 Å². The molecule has 2 heterocycles. The maximum absolute atomic E-state index is 12.2. The molecule has 0 spiro atoms. The van der Waals surface area contributed by atoms with Crippen molar-refractivity contribution in [3.63, 3.8) is 0 Å². The van der Waals surface area contributed by atoms with Crippen LogP contribution in [0.25, 0.3) is 0 Å². The molecule has 2 aliphatic heterocycles. The number of hydrogen-bond donors (Lipinski definition) is 1. The minimum Gasteiger partial charge on any atom is -0.485 e. The van der Waals surface area contributed by atoms with Gasteiger partial charge in [0.2, 0.25) is 12.9 Å². The Morgan fingerprint density at radius 3 is 2.68 bits per heavy atom. The summed E-state index contributed by atoms with van der Waals surface area (Å²) in [5.41, 5.74) is 0.851. The van der Waals surface area contributed by atoms with Gasteiger partial charge in [0, 0.05) is 0 Å². The summed E-state index contributed by atoms with van der Waals surface area (Å²) in [5, 5.41) is 2.78. The Morgan fingerprint density at radius 1 is 1.07 bits per heavy atom. The van der Waals surface area contributed by atoms with Gasteiger partial charge in [-0.3, -0.25) is 4.79 Å². The lowest BCUT2D eigenvalue weighted by molar-refractivity contribution is -0.157. The predicted octanol–water partition coefficient (Wildman–Crippen LogP) is 1.98. The van der Waals surface area contributed by atoms with Crippen LogP contribution in [0.5, 0.6) is 23.0 Å². The van der Waals surface area contributed by atoms with Crippen LogP contribution in [-0.2, 0) is 14.3 Å². The smallest absolute Gasteiger partial charge is 0.351 e. The van der Waals surface area contributed by atoms with Gasteiger partial charge in [-0.25, -0.2) is 4.79 Å². The molecule has 4 rings (SSSR count). The van der Waals surface area contributed by atoms with E-state index in [4.69, 9.17) is 23.7 Å². The normalized spacial score (nSPS) is 17.5. The summed E-state index contributed by atoms with van der Waals surface area (Å²) < 4.78 is 26.7. The molecule has 0 saturated carbocycles. The van der Waals surface area contributed by atoms with Crippen LogP contribution in [0.4, 0.5) is 0 Å². The van der Waals surface area contributed by atoms with Crippen molar-refractivity contribution < 1.29 is 33.3 Å². The topological polar surface area (TPSA) is 92.3 Å². The molecule has 28 heavy (non-hydrogen) atoms. The van der Waals surface area contributed by atoms with Gasteiger partial charge in [0.25, 0.3) is 5.91 Å². The van der Waals surface area contributed by atoms with Crippen molar-refractivity contribution in [3.05, 3.63) is 48.0 Å². The molecule has 2 aromatic rings. The molecule has 8 heteroatoms. The van der Waals surface area contributed by atoms with E-state index >= 15 is 0 Å². The van der Waals surface area contributed by atoms with E-state index in [2.05, 4.69) is 5.32 Å². The van der Waals surface area contributed by atoms with Gasteiger partial charge in [-0.2, -0.15) is 0 Å². The van der Waals surface area contributed by atoms with E-state index in [0.717, 1.165) is 5.56 Å². The third-order valence-corrected chi connectivity index (χ3v) is 4.39. The average molecular weight is 385 g/mol. The third-order valence-electron chi connectivity index (χ3n) is 4.39. The van der Waals surface area contributed by atoms with Crippen molar-refractivity contribution in [1.29, 1.82) is 0 Å². The van der Waals surface area contributed by atoms with E-state index < -0.39 is 24.6 Å². The van der Waals surface area contributed by atoms with Crippen molar-refractivity contribution in [1.82, 2.24) is 5.32 Å². The molecular weight excluding hydrogens is 366 g/mol. The van der Waals surface area contributed by atoms with Gasteiger partial charge in [0.05, 0.1) is 6.04 Å². The number of rotatable bonds is 5. The Morgan fingerprint density at radius 2 is 1.82 bits per heavy atom. The number of fused-ring (bicyclic) bond motifs is 2. The molecule has 2 atom stereocenters. The number of carbonyl (C=O) groups excluding carboxylic acids is 2. The number of nitrogens with one attached hydrogen (secondary N) is 1. The summed E-state index contributed by atoms with van der Waals surface area (Å²) in [6.45, 7) is 1.64. The van der Waals surface area contributed by atoms with E-state index in [0.29, 0.717) is 23.0 Å². The van der Waals surface area contributed by atoms with E-state index in [1.165, 1.54) is 0 Å². The van der Waals surface area contributed by atoms with E-state index in [1.54, 1.807) is 24.3 Å². The lowest BCUT2D eigenvalue weighted by atomic mass is 10.1. The Hall–Kier alpha value is -3.42. The number of hydrogen-bond acceptors (Lipinski definition) is 7. The SMILES string of the molecule is C[C@@H](NC(=O)COC(=O)[C@@H]1COc2ccccc2O1)c1ccc2c(c1)OCO2. The number of esters is 1. The number of ether oxygens (including phenoxy) is 5. The van der Waals surface area contributed by atoms with E-state index in [-0.39, 0.29) is 19.4 Å². The summed E-state index contributed by atoms with van der Waals surface area (Å²) in [4.78, 5) is 24.3. The zero-order valence-corrected chi connectivity index (χ0v) is 15.2. The maximum Gasteiger partial charge on any atom is 0.351 e. The number of para-hydroxylation sites is 2. The lowest BCUT2D eigenvalue weighted by Crippen LogP contribution is -2.40. The van der Waals surface area contributed by atoms with Gasteiger partial charge < -0.3 is 29.0 Å². The van der Waals surface area contributed by atoms with Crippen LogP contribution in [0.1, 0.15) is 18.5 Å². The zero-order chi connectivity index (χ0) is 19.5. The molecule has 0 bridgehead atoms. The summed E-state index contributed by atoms with van der Waals surface area (Å²) in [6.07, 6.45) is -0.908. The molecular formula is C20H19NO7. The molecule has 8 nitrogen and oxygen atoms in total. The van der Waals surface area contributed by atoms with Crippen LogP contribution in [-0.4, -0.2) is 38.0 Å². The van der Waals surface area contributed by atoms with Crippen molar-refractivity contribution >= 4 is 11.9 Å². The Labute approximate surface area is 161 Å². The maximum atomic E-state index is 12.2. The van der Waals surface area contributed by atoms with Gasteiger partial charge in [-0.05, 0) is 36.8 Å². The van der Waals surface area contributed by atoms with Gasteiger partial charge in [0.15, 0.2) is 29.6 Å². The fourth-order valence-electron chi connectivity index (χ4n) is 2.91. The second kappa shape index (κ2) is 7.67. The third kappa shape index (κ3) is 3.80. The highest BCUT2D eigenvalue weighted by atomic mass is 16.7. The quantitative estimate of drug-likeness (QED) is 0.787. The first kappa shape index (κ1) is 18.0. The molecule has 0 saturated heterocycles. The first-order valence-corrected chi connectivity index (χ1v) is 8.84. The number of carbonyl (C=O) groups is 2. The fraction of sp³-hybridized carbons (Fsp3) is 0.300. The van der Waals surface area contributed by atoms with Crippen LogP contribution in [0.2, 0.25) is 0 Å². The van der Waals surface area contributed by atoms with Crippen molar-refractivity contribution in [3.8, 4) is 23.0 Å². The molecule has 1 amide bonds. The molecule has 2 aliphatic rings. The molecule has 1 N–H and O–H groups in total. The van der Waals surface area contributed by atoms with Gasteiger partial charge >= 0.3 is 5.97 Å². The minimum absolute atomic E-state index is 0.0328. The minimum atomic E-state index is -0.908. The fourth-order valence-corrected chi connectivity index (χ4v) is 2.91. The standard InChI is InChI=1S/C20H19NO7/c1-12(13-6-7-15-17(8-13)27-11-26-15)21-19(22)10-25-20(23)18-9-24-14-4-2-3-5-16(14)28-18/h2-8,12,18H,9-11H2,1H3,(H,21,22)/t12-,18+/m1/s1. The zero-order valence-electron chi connectivity index (χ0n) is 15.2. The molecule has 2 aromatic carbocycles. The largest absolute Gasteiger partial charge is 0.485 e. The van der Waals surface area contributed by atoms with Crippen LogP contribution < -0.4 is 24.3 Å². The van der Waals surface area contributed by atoms with Crippen LogP contribution in [0.3, 0.4) is 0 Å². The van der Waals surface area contributed by atoms with Crippen molar-refractivity contribution in [2.24, 2.45) is 0 Å². The monoisotopic (exact) mass is 385 g/mol. The summed E-state index contributed by atoms with van der Waals surface area (Å²) >= 11 is 0. The van der Waals surface area contributed by atoms with Crippen LogP contribution in [0.15, 0.2) is 42.5 Å². The Bertz CT molecular complexity index is 898. The number of benzene rings is 2. The summed E-state index contributed by atoms with van der Waals surface area (Å²) in [6, 6.07) is 12.2. The van der Waals surface area contributed by atoms with Gasteiger partial charge in [-0.1, -0.05) is 18.2 Å². The van der Waals surface area contributed by atoms with Gasteiger partial charge in [0.1, 0.15) is 6.61 Å². The first-order chi connectivity index (χ1) is 13.6. The first-order valence-electron chi connectivity index (χ1n) is 8.84. The molecule has 0 fully saturated rings. The summed E-state index contributed by atoms with van der Waals surface area (Å²) in [5.74, 6) is 1.28. The average Bonchev–Trinajstić information content (AvgIpc) is 3.19.